The molecule has 0 saturated carbocycles. The summed E-state index contributed by atoms with van der Waals surface area (Å²) < 4.78 is 6.03. The predicted molar refractivity (Wildman–Crippen MR) is 134 cm³/mol. The van der Waals surface area contributed by atoms with Crippen molar-refractivity contribution in [2.45, 2.75) is 26.3 Å². The molecule has 3 aromatic rings. The minimum absolute atomic E-state index is 0.0250. The SMILES string of the molecule is CCc1cc(-c2cc(Oc3cnc(C(C)=N)c(NC)c3)ccn2)ccc1C(=O)NC1CN(C)C1. The molecule has 3 heterocycles. The van der Waals surface area contributed by atoms with Gasteiger partial charge in [-0.3, -0.25) is 9.78 Å². The van der Waals surface area contributed by atoms with Gasteiger partial charge in [0.15, 0.2) is 0 Å². The lowest BCUT2D eigenvalue weighted by atomic mass is 9.98. The van der Waals surface area contributed by atoms with Gasteiger partial charge in [-0.05, 0) is 44.2 Å². The first kappa shape index (κ1) is 23.4. The molecule has 8 heteroatoms. The van der Waals surface area contributed by atoms with Crippen LogP contribution in [0.2, 0.25) is 0 Å². The van der Waals surface area contributed by atoms with Gasteiger partial charge in [0, 0.05) is 49.6 Å². The molecule has 0 unspecified atom stereocenters. The summed E-state index contributed by atoms with van der Waals surface area (Å²) in [5, 5.41) is 14.0. The van der Waals surface area contributed by atoms with Gasteiger partial charge in [-0.1, -0.05) is 13.0 Å². The highest BCUT2D eigenvalue weighted by Crippen LogP contribution is 2.29. The normalized spacial score (nSPS) is 13.8. The number of benzene rings is 1. The van der Waals surface area contributed by atoms with E-state index in [9.17, 15) is 4.79 Å². The Kier molecular flexibility index (Phi) is 6.88. The molecule has 8 nitrogen and oxygen atoms in total. The third-order valence-corrected chi connectivity index (χ3v) is 5.88. The van der Waals surface area contributed by atoms with Crippen LogP contribution >= 0.6 is 0 Å². The first-order valence-electron chi connectivity index (χ1n) is 11.4. The molecule has 0 aliphatic carbocycles. The van der Waals surface area contributed by atoms with Crippen molar-refractivity contribution in [3.05, 3.63) is 65.6 Å². The molecular weight excluding hydrogens is 428 g/mol. The number of likely N-dealkylation sites (tertiary alicyclic amines) is 1. The van der Waals surface area contributed by atoms with E-state index >= 15 is 0 Å². The number of amides is 1. The van der Waals surface area contributed by atoms with Crippen LogP contribution in [0, 0.1) is 5.41 Å². The number of rotatable bonds is 8. The maximum atomic E-state index is 12.8. The van der Waals surface area contributed by atoms with Crippen LogP contribution in [0.15, 0.2) is 48.8 Å². The van der Waals surface area contributed by atoms with Crippen molar-refractivity contribution in [3.63, 3.8) is 0 Å². The van der Waals surface area contributed by atoms with Gasteiger partial charge in [-0.15, -0.1) is 0 Å². The average Bonchev–Trinajstić information content (AvgIpc) is 2.82. The molecule has 176 valence electrons. The number of nitrogens with one attached hydrogen (secondary N) is 3. The molecular formula is C26H30N6O2. The largest absolute Gasteiger partial charge is 0.456 e. The summed E-state index contributed by atoms with van der Waals surface area (Å²) in [6.45, 7) is 5.52. The number of carbonyl (C=O) groups is 1. The van der Waals surface area contributed by atoms with Crippen LogP contribution in [0.1, 0.15) is 35.5 Å². The fourth-order valence-electron chi connectivity index (χ4n) is 4.08. The van der Waals surface area contributed by atoms with Crippen molar-refractivity contribution in [1.29, 1.82) is 5.41 Å². The fourth-order valence-corrected chi connectivity index (χ4v) is 4.08. The number of carbonyl (C=O) groups excluding carboxylic acids is 1. The van der Waals surface area contributed by atoms with Crippen molar-refractivity contribution in [1.82, 2.24) is 20.2 Å². The van der Waals surface area contributed by atoms with E-state index in [1.165, 1.54) is 0 Å². The van der Waals surface area contributed by atoms with Crippen LogP contribution in [0.3, 0.4) is 0 Å². The van der Waals surface area contributed by atoms with Crippen LogP contribution in [-0.2, 0) is 6.42 Å². The number of pyridine rings is 2. The summed E-state index contributed by atoms with van der Waals surface area (Å²) in [4.78, 5) is 23.8. The zero-order valence-electron chi connectivity index (χ0n) is 20.0. The molecule has 1 aliphatic rings. The Morgan fingerprint density at radius 3 is 2.65 bits per heavy atom. The van der Waals surface area contributed by atoms with E-state index in [4.69, 9.17) is 10.1 Å². The molecule has 3 N–H and O–H groups in total. The van der Waals surface area contributed by atoms with Crippen molar-refractivity contribution < 1.29 is 9.53 Å². The van der Waals surface area contributed by atoms with Crippen LogP contribution in [0.5, 0.6) is 11.5 Å². The predicted octanol–water partition coefficient (Wildman–Crippen LogP) is 3.97. The number of aryl methyl sites for hydroxylation is 1. The van der Waals surface area contributed by atoms with Crippen molar-refractivity contribution in [2.75, 3.05) is 32.5 Å². The van der Waals surface area contributed by atoms with Crippen molar-refractivity contribution in [2.24, 2.45) is 0 Å². The first-order chi connectivity index (χ1) is 16.4. The Balaban J connectivity index is 1.54. The van der Waals surface area contributed by atoms with Gasteiger partial charge in [-0.2, -0.15) is 0 Å². The molecule has 34 heavy (non-hydrogen) atoms. The quantitative estimate of drug-likeness (QED) is 0.442. The Labute approximate surface area is 199 Å². The third kappa shape index (κ3) is 5.07. The smallest absolute Gasteiger partial charge is 0.251 e. The van der Waals surface area contributed by atoms with Gasteiger partial charge >= 0.3 is 0 Å². The molecule has 4 rings (SSSR count). The second-order valence-electron chi connectivity index (χ2n) is 8.54. The lowest BCUT2D eigenvalue weighted by Gasteiger charge is -2.36. The zero-order chi connectivity index (χ0) is 24.2. The number of anilines is 1. The van der Waals surface area contributed by atoms with E-state index in [2.05, 4.69) is 25.5 Å². The summed E-state index contributed by atoms with van der Waals surface area (Å²) in [7, 11) is 3.83. The summed E-state index contributed by atoms with van der Waals surface area (Å²) in [5.74, 6) is 1.17. The Morgan fingerprint density at radius 1 is 1.18 bits per heavy atom. The van der Waals surface area contributed by atoms with Crippen LogP contribution < -0.4 is 15.4 Å². The second kappa shape index (κ2) is 10.0. The number of likely N-dealkylation sites (N-methyl/N-ethyl adjacent to an activating group) is 1. The number of aromatic nitrogens is 2. The molecule has 1 fully saturated rings. The van der Waals surface area contributed by atoms with E-state index in [1.807, 2.05) is 44.3 Å². The highest BCUT2D eigenvalue weighted by Gasteiger charge is 2.25. The van der Waals surface area contributed by atoms with Crippen molar-refractivity contribution in [3.8, 4) is 22.8 Å². The topological polar surface area (TPSA) is 103 Å². The number of ether oxygens (including phenoxy) is 1. The van der Waals surface area contributed by atoms with E-state index in [1.54, 1.807) is 32.4 Å². The summed E-state index contributed by atoms with van der Waals surface area (Å²) in [6, 6.07) is 11.5. The van der Waals surface area contributed by atoms with Gasteiger partial charge in [0.1, 0.15) is 17.2 Å². The van der Waals surface area contributed by atoms with Gasteiger partial charge in [0.05, 0.1) is 29.3 Å². The molecule has 1 aliphatic heterocycles. The monoisotopic (exact) mass is 458 g/mol. The molecule has 2 aromatic heterocycles. The van der Waals surface area contributed by atoms with E-state index in [0.29, 0.717) is 28.5 Å². The second-order valence-corrected chi connectivity index (χ2v) is 8.54. The summed E-state index contributed by atoms with van der Waals surface area (Å²) in [6.07, 6.45) is 4.05. The van der Waals surface area contributed by atoms with Crippen LogP contribution in [-0.4, -0.2) is 59.7 Å². The minimum atomic E-state index is -0.0250. The molecule has 1 aromatic carbocycles. The van der Waals surface area contributed by atoms with Gasteiger partial charge in [-0.25, -0.2) is 4.98 Å². The van der Waals surface area contributed by atoms with E-state index in [-0.39, 0.29) is 11.9 Å². The molecule has 0 radical (unpaired) electrons. The Morgan fingerprint density at radius 2 is 1.97 bits per heavy atom. The Bertz CT molecular complexity index is 1220. The van der Waals surface area contributed by atoms with Crippen LogP contribution in [0.25, 0.3) is 11.3 Å². The molecule has 0 bridgehead atoms. The lowest BCUT2D eigenvalue weighted by molar-refractivity contribution is 0.0857. The third-order valence-electron chi connectivity index (χ3n) is 5.88. The zero-order valence-corrected chi connectivity index (χ0v) is 20.0. The van der Waals surface area contributed by atoms with Crippen molar-refractivity contribution >= 4 is 17.3 Å². The Hall–Kier alpha value is -3.78. The van der Waals surface area contributed by atoms with Gasteiger partial charge in [0.25, 0.3) is 5.91 Å². The highest BCUT2D eigenvalue weighted by molar-refractivity contribution is 5.99. The maximum absolute atomic E-state index is 12.8. The minimum Gasteiger partial charge on any atom is -0.456 e. The molecule has 0 spiro atoms. The van der Waals surface area contributed by atoms with Crippen LogP contribution in [0.4, 0.5) is 5.69 Å². The average molecular weight is 459 g/mol. The summed E-state index contributed by atoms with van der Waals surface area (Å²) in [5.41, 5.74) is 5.07. The van der Waals surface area contributed by atoms with E-state index < -0.39 is 0 Å². The molecule has 1 saturated heterocycles. The van der Waals surface area contributed by atoms with Gasteiger partial charge in [0.2, 0.25) is 0 Å². The molecule has 0 atom stereocenters. The standard InChI is InChI=1S/C26H30N6O2/c1-5-17-10-18(6-7-22(17)26(33)31-19-14-32(4)15-19)23-11-20(8-9-29-23)34-21-12-24(28-3)25(16(2)27)30-13-21/h6-13,19,27-28H,5,14-15H2,1-4H3,(H,31,33). The number of hydrogen-bond donors (Lipinski definition) is 3. The lowest BCUT2D eigenvalue weighted by Crippen LogP contribution is -2.57. The molecule has 1 amide bonds. The number of nitrogens with zero attached hydrogens (tertiary/aromatic N) is 3. The number of hydrogen-bond acceptors (Lipinski definition) is 7. The van der Waals surface area contributed by atoms with Gasteiger partial charge < -0.3 is 25.7 Å². The fraction of sp³-hybridized carbons (Fsp3) is 0.308. The van der Waals surface area contributed by atoms with E-state index in [0.717, 1.165) is 42.0 Å². The first-order valence-corrected chi connectivity index (χ1v) is 11.4. The maximum Gasteiger partial charge on any atom is 0.251 e. The summed E-state index contributed by atoms with van der Waals surface area (Å²) >= 11 is 0. The highest BCUT2D eigenvalue weighted by atomic mass is 16.5.